The molecule has 2 N–H and O–H groups in total. The molecule has 0 aliphatic heterocycles. The average molecular weight is 282 g/mol. The number of nitro groups is 1. The molecule has 0 saturated carbocycles. The molecule has 0 aliphatic carbocycles. The number of hydrogen-bond donors (Lipinski definition) is 1. The first kappa shape index (κ1) is 15.6. The van der Waals surface area contributed by atoms with E-state index < -0.39 is 23.0 Å². The van der Waals surface area contributed by atoms with Crippen molar-refractivity contribution in [2.45, 2.75) is 19.7 Å². The van der Waals surface area contributed by atoms with Crippen molar-refractivity contribution in [3.63, 3.8) is 0 Å². The van der Waals surface area contributed by atoms with Crippen molar-refractivity contribution in [1.29, 1.82) is 0 Å². The van der Waals surface area contributed by atoms with Crippen LogP contribution >= 0.6 is 0 Å². The maximum absolute atomic E-state index is 11.5. The maximum atomic E-state index is 11.5. The fourth-order valence-electron chi connectivity index (χ4n) is 1.38. The molecule has 0 aliphatic rings. The summed E-state index contributed by atoms with van der Waals surface area (Å²) in [7, 11) is 0. The monoisotopic (exact) mass is 282 g/mol. The number of ether oxygens (including phenoxy) is 2. The van der Waals surface area contributed by atoms with Crippen molar-refractivity contribution in [2.75, 3.05) is 6.61 Å². The van der Waals surface area contributed by atoms with Crippen molar-refractivity contribution in [2.24, 2.45) is 5.73 Å². The van der Waals surface area contributed by atoms with Crippen LogP contribution in [-0.2, 0) is 20.7 Å². The predicted octanol–water partition coefficient (Wildman–Crippen LogP) is 0.259. The molecule has 1 unspecified atom stereocenters. The Kier molecular flexibility index (Phi) is 5.60. The molecule has 0 aromatic heterocycles. The SMILES string of the molecule is CCOC(=O)C(=O)Cc1cccc(OC(N)[N+](=O)[O-])c1. The van der Waals surface area contributed by atoms with Crippen molar-refractivity contribution in [3.8, 4) is 5.75 Å². The first-order valence-electron chi connectivity index (χ1n) is 5.78. The first-order valence-corrected chi connectivity index (χ1v) is 5.78. The lowest BCUT2D eigenvalue weighted by atomic mass is 10.1. The van der Waals surface area contributed by atoms with Gasteiger partial charge in [-0.05, 0) is 24.6 Å². The van der Waals surface area contributed by atoms with Crippen molar-refractivity contribution < 1.29 is 24.0 Å². The fraction of sp³-hybridized carbons (Fsp3) is 0.333. The summed E-state index contributed by atoms with van der Waals surface area (Å²) in [4.78, 5) is 32.3. The summed E-state index contributed by atoms with van der Waals surface area (Å²) < 4.78 is 9.43. The Morgan fingerprint density at radius 2 is 2.15 bits per heavy atom. The van der Waals surface area contributed by atoms with Gasteiger partial charge in [0.1, 0.15) is 5.75 Å². The summed E-state index contributed by atoms with van der Waals surface area (Å²) in [5.41, 5.74) is 5.59. The molecule has 0 heterocycles. The Bertz CT molecular complexity index is 516. The summed E-state index contributed by atoms with van der Waals surface area (Å²) in [6.45, 7) is 1.71. The molecule has 1 atom stereocenters. The van der Waals surface area contributed by atoms with Crippen LogP contribution in [-0.4, -0.2) is 29.6 Å². The Labute approximate surface area is 114 Å². The van der Waals surface area contributed by atoms with Crippen LogP contribution in [0.25, 0.3) is 0 Å². The van der Waals surface area contributed by atoms with Gasteiger partial charge in [0.2, 0.25) is 5.78 Å². The van der Waals surface area contributed by atoms with Crippen LogP contribution in [0.2, 0.25) is 0 Å². The third-order valence-corrected chi connectivity index (χ3v) is 2.23. The lowest BCUT2D eigenvalue weighted by Crippen LogP contribution is -2.35. The van der Waals surface area contributed by atoms with Crippen LogP contribution in [0.15, 0.2) is 24.3 Å². The van der Waals surface area contributed by atoms with E-state index in [9.17, 15) is 19.7 Å². The number of nitrogens with zero attached hydrogens (tertiary/aromatic N) is 1. The van der Waals surface area contributed by atoms with E-state index in [4.69, 9.17) is 10.5 Å². The Hall–Kier alpha value is -2.48. The zero-order chi connectivity index (χ0) is 15.1. The van der Waals surface area contributed by atoms with Gasteiger partial charge >= 0.3 is 12.3 Å². The molecule has 0 bridgehead atoms. The lowest BCUT2D eigenvalue weighted by molar-refractivity contribution is -0.561. The van der Waals surface area contributed by atoms with E-state index in [1.807, 2.05) is 0 Å². The Balaban J connectivity index is 2.71. The Morgan fingerprint density at radius 3 is 2.75 bits per heavy atom. The molecule has 1 rings (SSSR count). The minimum atomic E-state index is -1.69. The van der Waals surface area contributed by atoms with Gasteiger partial charge in [0.05, 0.1) is 11.5 Å². The highest BCUT2D eigenvalue weighted by molar-refractivity contribution is 6.34. The molecule has 0 fully saturated rings. The molecule has 0 spiro atoms. The summed E-state index contributed by atoms with van der Waals surface area (Å²) in [6.07, 6.45) is -1.87. The van der Waals surface area contributed by atoms with Gasteiger partial charge in [-0.2, -0.15) is 0 Å². The second-order valence-electron chi connectivity index (χ2n) is 3.76. The van der Waals surface area contributed by atoms with Gasteiger partial charge < -0.3 is 9.47 Å². The summed E-state index contributed by atoms with van der Waals surface area (Å²) in [6, 6.07) is 5.99. The van der Waals surface area contributed by atoms with Crippen molar-refractivity contribution in [1.82, 2.24) is 0 Å². The van der Waals surface area contributed by atoms with Crippen LogP contribution in [0, 0.1) is 10.1 Å². The number of ketones is 1. The third-order valence-electron chi connectivity index (χ3n) is 2.23. The van der Waals surface area contributed by atoms with Crippen molar-refractivity contribution >= 4 is 11.8 Å². The molecular weight excluding hydrogens is 268 g/mol. The lowest BCUT2D eigenvalue weighted by Gasteiger charge is -2.08. The molecule has 8 nitrogen and oxygen atoms in total. The van der Waals surface area contributed by atoms with Gasteiger partial charge in [0.15, 0.2) is 0 Å². The molecule has 0 amide bonds. The minimum Gasteiger partial charge on any atom is -0.460 e. The highest BCUT2D eigenvalue weighted by Crippen LogP contribution is 2.15. The zero-order valence-electron chi connectivity index (χ0n) is 10.8. The van der Waals surface area contributed by atoms with E-state index in [1.54, 1.807) is 13.0 Å². The highest BCUT2D eigenvalue weighted by atomic mass is 16.7. The molecule has 0 saturated heterocycles. The van der Waals surface area contributed by atoms with Crippen LogP contribution < -0.4 is 10.5 Å². The Morgan fingerprint density at radius 1 is 1.45 bits per heavy atom. The standard InChI is InChI=1S/C12H14N2O6/c1-2-19-11(16)10(15)7-8-4-3-5-9(6-8)20-12(13)14(17)18/h3-6,12H,2,7,13H2,1H3. The summed E-state index contributed by atoms with van der Waals surface area (Å²) in [5.74, 6) is -1.48. The molecule has 20 heavy (non-hydrogen) atoms. The van der Waals surface area contributed by atoms with Crippen LogP contribution in [0.4, 0.5) is 0 Å². The van der Waals surface area contributed by atoms with Crippen LogP contribution in [0.1, 0.15) is 12.5 Å². The summed E-state index contributed by atoms with van der Waals surface area (Å²) >= 11 is 0. The quantitative estimate of drug-likeness (QED) is 0.250. The second kappa shape index (κ2) is 7.19. The molecule has 8 heteroatoms. The van der Waals surface area contributed by atoms with Gasteiger partial charge in [-0.3, -0.25) is 14.9 Å². The molecule has 1 aromatic carbocycles. The van der Waals surface area contributed by atoms with Crippen molar-refractivity contribution in [3.05, 3.63) is 39.9 Å². The topological polar surface area (TPSA) is 122 Å². The largest absolute Gasteiger partial charge is 0.460 e. The molecule has 108 valence electrons. The maximum Gasteiger partial charge on any atom is 0.414 e. The average Bonchev–Trinajstić information content (AvgIpc) is 2.39. The van der Waals surface area contributed by atoms with Crippen LogP contribution in [0.3, 0.4) is 0 Å². The highest BCUT2D eigenvalue weighted by Gasteiger charge is 2.17. The number of rotatable bonds is 7. The van der Waals surface area contributed by atoms with E-state index in [0.29, 0.717) is 5.56 Å². The number of nitrogens with two attached hydrogens (primary N) is 1. The zero-order valence-corrected chi connectivity index (χ0v) is 10.8. The summed E-state index contributed by atoms with van der Waals surface area (Å²) in [5, 5.41) is 10.4. The first-order chi connectivity index (χ1) is 9.43. The normalized spacial score (nSPS) is 11.5. The number of benzene rings is 1. The minimum absolute atomic E-state index is 0.116. The number of carbonyl (C=O) groups is 2. The number of esters is 1. The molecule has 1 aromatic rings. The van der Waals surface area contributed by atoms with Gasteiger partial charge in [0.25, 0.3) is 0 Å². The smallest absolute Gasteiger partial charge is 0.414 e. The fourth-order valence-corrected chi connectivity index (χ4v) is 1.38. The number of Topliss-reactive ketones (excluding diaryl/α,β-unsaturated/α-hetero) is 1. The third kappa shape index (κ3) is 4.65. The number of hydrogen-bond acceptors (Lipinski definition) is 7. The van der Waals surface area contributed by atoms with E-state index in [0.717, 1.165) is 0 Å². The second-order valence-corrected chi connectivity index (χ2v) is 3.76. The van der Waals surface area contributed by atoms with Gasteiger partial charge in [0, 0.05) is 6.42 Å². The molecule has 0 radical (unpaired) electrons. The van der Waals surface area contributed by atoms with E-state index in [1.165, 1.54) is 18.2 Å². The van der Waals surface area contributed by atoms with Gasteiger partial charge in [-0.15, -0.1) is 0 Å². The predicted molar refractivity (Wildman–Crippen MR) is 67.4 cm³/mol. The van der Waals surface area contributed by atoms with E-state index in [-0.39, 0.29) is 18.8 Å². The molecular formula is C12H14N2O6. The van der Waals surface area contributed by atoms with Gasteiger partial charge in [-0.25, -0.2) is 10.5 Å². The van der Waals surface area contributed by atoms with E-state index >= 15 is 0 Å². The van der Waals surface area contributed by atoms with Gasteiger partial charge in [-0.1, -0.05) is 12.1 Å². The number of carbonyl (C=O) groups excluding carboxylic acids is 2. The van der Waals surface area contributed by atoms with E-state index in [2.05, 4.69) is 4.74 Å². The van der Waals surface area contributed by atoms with Crippen LogP contribution in [0.5, 0.6) is 5.75 Å².